The molecule has 98 valence electrons. The van der Waals surface area contributed by atoms with Crippen molar-refractivity contribution in [2.75, 3.05) is 11.1 Å². The Morgan fingerprint density at radius 2 is 1.95 bits per heavy atom. The van der Waals surface area contributed by atoms with E-state index in [9.17, 15) is 9.59 Å². The lowest BCUT2D eigenvalue weighted by Gasteiger charge is -2.03. The minimum absolute atomic E-state index is 0.00757. The standard InChI is InChI=1S/C12H12N4O3/c1-6-9(12(18)19)10(16-15-6)14-11(17)7-2-4-8(13)5-3-7/h2-5H,13H2,1H3,(H,18,19)(H2,14,15,16,17). The molecule has 0 radical (unpaired) electrons. The number of carboxylic acid groups (broad SMARTS) is 1. The van der Waals surface area contributed by atoms with Crippen LogP contribution in [0.25, 0.3) is 0 Å². The first-order valence-electron chi connectivity index (χ1n) is 5.44. The SMILES string of the molecule is Cc1[nH]nc(NC(=O)c2ccc(N)cc2)c1C(=O)O. The molecule has 0 bridgehead atoms. The number of aromatic carboxylic acids is 1. The molecule has 0 aliphatic carbocycles. The summed E-state index contributed by atoms with van der Waals surface area (Å²) in [6.45, 7) is 1.56. The summed E-state index contributed by atoms with van der Waals surface area (Å²) >= 11 is 0. The highest BCUT2D eigenvalue weighted by atomic mass is 16.4. The summed E-state index contributed by atoms with van der Waals surface area (Å²) in [6.07, 6.45) is 0. The Hall–Kier alpha value is -2.83. The van der Waals surface area contributed by atoms with Crippen LogP contribution in [0, 0.1) is 6.92 Å². The number of rotatable bonds is 3. The number of hydrogen-bond acceptors (Lipinski definition) is 4. The molecule has 7 nitrogen and oxygen atoms in total. The van der Waals surface area contributed by atoms with E-state index in [1.807, 2.05) is 0 Å². The Labute approximate surface area is 108 Å². The minimum atomic E-state index is -1.15. The molecule has 0 aliphatic heterocycles. The summed E-state index contributed by atoms with van der Waals surface area (Å²) in [5, 5.41) is 17.7. The van der Waals surface area contributed by atoms with Crippen molar-refractivity contribution < 1.29 is 14.7 Å². The predicted octanol–water partition coefficient (Wildman–Crippen LogP) is 1.25. The van der Waals surface area contributed by atoms with Crippen LogP contribution in [0.15, 0.2) is 24.3 Å². The van der Waals surface area contributed by atoms with Crippen molar-refractivity contribution in [3.63, 3.8) is 0 Å². The fourth-order valence-corrected chi connectivity index (χ4v) is 1.60. The normalized spacial score (nSPS) is 10.2. The van der Waals surface area contributed by atoms with Crippen molar-refractivity contribution >= 4 is 23.4 Å². The molecule has 0 spiro atoms. The Balaban J connectivity index is 2.24. The second-order valence-electron chi connectivity index (χ2n) is 3.95. The van der Waals surface area contributed by atoms with Crippen LogP contribution in [0.2, 0.25) is 0 Å². The van der Waals surface area contributed by atoms with Crippen molar-refractivity contribution in [2.24, 2.45) is 0 Å². The molecule has 5 N–H and O–H groups in total. The average molecular weight is 260 g/mol. The summed E-state index contributed by atoms with van der Waals surface area (Å²) in [7, 11) is 0. The van der Waals surface area contributed by atoms with Gasteiger partial charge in [-0.25, -0.2) is 4.79 Å². The lowest BCUT2D eigenvalue weighted by molar-refractivity contribution is 0.0697. The first-order chi connectivity index (χ1) is 8.99. The Morgan fingerprint density at radius 1 is 1.32 bits per heavy atom. The molecule has 19 heavy (non-hydrogen) atoms. The van der Waals surface area contributed by atoms with Crippen LogP contribution in [0.1, 0.15) is 26.4 Å². The first kappa shape index (κ1) is 12.6. The molecular weight excluding hydrogens is 248 g/mol. The minimum Gasteiger partial charge on any atom is -0.477 e. The number of carbonyl (C=O) groups is 2. The van der Waals surface area contributed by atoms with Gasteiger partial charge in [-0.3, -0.25) is 9.89 Å². The molecule has 0 saturated carbocycles. The first-order valence-corrected chi connectivity index (χ1v) is 5.44. The highest BCUT2D eigenvalue weighted by molar-refractivity contribution is 6.07. The van der Waals surface area contributed by atoms with E-state index in [0.717, 1.165) is 0 Å². The molecule has 0 fully saturated rings. The molecule has 0 saturated heterocycles. The molecule has 0 unspecified atom stereocenters. The number of aryl methyl sites for hydroxylation is 1. The lowest BCUT2D eigenvalue weighted by atomic mass is 10.2. The van der Waals surface area contributed by atoms with Crippen LogP contribution in [0.3, 0.4) is 0 Å². The van der Waals surface area contributed by atoms with Gasteiger partial charge in [-0.2, -0.15) is 5.10 Å². The Kier molecular flexibility index (Phi) is 3.19. The van der Waals surface area contributed by atoms with Gasteiger partial charge in [0.15, 0.2) is 5.82 Å². The molecular formula is C12H12N4O3. The molecule has 1 heterocycles. The topological polar surface area (TPSA) is 121 Å². The zero-order chi connectivity index (χ0) is 14.0. The second-order valence-corrected chi connectivity index (χ2v) is 3.95. The highest BCUT2D eigenvalue weighted by Gasteiger charge is 2.19. The molecule has 1 aromatic carbocycles. The van der Waals surface area contributed by atoms with E-state index in [1.54, 1.807) is 31.2 Å². The van der Waals surface area contributed by atoms with Crippen LogP contribution in [-0.2, 0) is 0 Å². The highest BCUT2D eigenvalue weighted by Crippen LogP contribution is 2.17. The van der Waals surface area contributed by atoms with Crippen LogP contribution >= 0.6 is 0 Å². The molecule has 1 aromatic heterocycles. The molecule has 0 atom stereocenters. The number of benzene rings is 1. The van der Waals surface area contributed by atoms with Crippen molar-refractivity contribution in [2.45, 2.75) is 6.92 Å². The summed E-state index contributed by atoms with van der Waals surface area (Å²) < 4.78 is 0. The number of H-pyrrole nitrogens is 1. The summed E-state index contributed by atoms with van der Waals surface area (Å²) in [5.74, 6) is -1.61. The number of nitrogens with one attached hydrogen (secondary N) is 2. The number of nitrogen functional groups attached to an aromatic ring is 1. The molecule has 1 amide bonds. The number of carbonyl (C=O) groups excluding carboxylic acids is 1. The van der Waals surface area contributed by atoms with Crippen molar-refractivity contribution in [1.29, 1.82) is 0 Å². The molecule has 2 aromatic rings. The van der Waals surface area contributed by atoms with Gasteiger partial charge in [0.1, 0.15) is 5.56 Å². The zero-order valence-electron chi connectivity index (χ0n) is 10.1. The van der Waals surface area contributed by atoms with Crippen LogP contribution in [-0.4, -0.2) is 27.2 Å². The van der Waals surface area contributed by atoms with Gasteiger partial charge in [0, 0.05) is 16.9 Å². The average Bonchev–Trinajstić information content (AvgIpc) is 2.71. The predicted molar refractivity (Wildman–Crippen MR) is 69.1 cm³/mol. The Morgan fingerprint density at radius 3 is 2.53 bits per heavy atom. The number of amides is 1. The van der Waals surface area contributed by atoms with E-state index >= 15 is 0 Å². The summed E-state index contributed by atoms with van der Waals surface area (Å²) in [6, 6.07) is 6.26. The van der Waals surface area contributed by atoms with Gasteiger partial charge < -0.3 is 16.2 Å². The number of anilines is 2. The van der Waals surface area contributed by atoms with Crippen LogP contribution < -0.4 is 11.1 Å². The van der Waals surface area contributed by atoms with E-state index in [2.05, 4.69) is 15.5 Å². The van der Waals surface area contributed by atoms with Crippen molar-refractivity contribution in [3.05, 3.63) is 41.1 Å². The third-order valence-electron chi connectivity index (χ3n) is 2.57. The largest absolute Gasteiger partial charge is 0.477 e. The van der Waals surface area contributed by atoms with Gasteiger partial charge in [0.2, 0.25) is 0 Å². The maximum absolute atomic E-state index is 11.9. The smallest absolute Gasteiger partial charge is 0.341 e. The lowest BCUT2D eigenvalue weighted by Crippen LogP contribution is -2.14. The fourth-order valence-electron chi connectivity index (χ4n) is 1.60. The Bertz CT molecular complexity index is 631. The van der Waals surface area contributed by atoms with E-state index < -0.39 is 11.9 Å². The van der Waals surface area contributed by atoms with Gasteiger partial charge in [0.05, 0.1) is 0 Å². The number of carboxylic acids is 1. The monoisotopic (exact) mass is 260 g/mol. The third kappa shape index (κ3) is 2.54. The third-order valence-corrected chi connectivity index (χ3v) is 2.57. The van der Waals surface area contributed by atoms with Gasteiger partial charge in [-0.15, -0.1) is 0 Å². The van der Waals surface area contributed by atoms with E-state index in [-0.39, 0.29) is 11.4 Å². The van der Waals surface area contributed by atoms with Gasteiger partial charge in [-0.1, -0.05) is 0 Å². The number of aromatic nitrogens is 2. The van der Waals surface area contributed by atoms with Gasteiger partial charge in [-0.05, 0) is 31.2 Å². The second kappa shape index (κ2) is 4.81. The number of hydrogen-bond donors (Lipinski definition) is 4. The number of aromatic amines is 1. The van der Waals surface area contributed by atoms with Gasteiger partial charge >= 0.3 is 5.97 Å². The molecule has 0 aliphatic rings. The zero-order valence-corrected chi connectivity index (χ0v) is 10.1. The van der Waals surface area contributed by atoms with Gasteiger partial charge in [0.25, 0.3) is 5.91 Å². The van der Waals surface area contributed by atoms with E-state index in [4.69, 9.17) is 10.8 Å². The fraction of sp³-hybridized carbons (Fsp3) is 0.0833. The van der Waals surface area contributed by atoms with E-state index in [0.29, 0.717) is 16.9 Å². The van der Waals surface area contributed by atoms with Crippen LogP contribution in [0.4, 0.5) is 11.5 Å². The maximum Gasteiger partial charge on any atom is 0.341 e. The van der Waals surface area contributed by atoms with Crippen molar-refractivity contribution in [3.8, 4) is 0 Å². The number of nitrogens with two attached hydrogens (primary N) is 1. The summed E-state index contributed by atoms with van der Waals surface area (Å²) in [5.41, 5.74) is 6.75. The summed E-state index contributed by atoms with van der Waals surface area (Å²) in [4.78, 5) is 22.9. The van der Waals surface area contributed by atoms with Crippen molar-refractivity contribution in [1.82, 2.24) is 10.2 Å². The molecule has 2 rings (SSSR count). The van der Waals surface area contributed by atoms with Crippen LogP contribution in [0.5, 0.6) is 0 Å². The quantitative estimate of drug-likeness (QED) is 0.619. The number of nitrogens with zero attached hydrogens (tertiary/aromatic N) is 1. The molecule has 7 heteroatoms. The van der Waals surface area contributed by atoms with E-state index in [1.165, 1.54) is 0 Å². The maximum atomic E-state index is 11.9.